The maximum absolute atomic E-state index is 12.4. The molecule has 1 fully saturated rings. The summed E-state index contributed by atoms with van der Waals surface area (Å²) >= 11 is 0. The SMILES string of the molecule is O=C(O)CN(CC1CC1)S(=O)(=O)c1ccc([N+](=O)[O-])cc1. The number of carbonyl (C=O) groups is 1. The molecule has 0 spiro atoms. The normalized spacial score (nSPS) is 15.1. The van der Waals surface area contributed by atoms with Crippen LogP contribution in [0.25, 0.3) is 0 Å². The van der Waals surface area contributed by atoms with E-state index < -0.39 is 27.5 Å². The Morgan fingerprint density at radius 3 is 2.33 bits per heavy atom. The molecule has 2 rings (SSSR count). The van der Waals surface area contributed by atoms with E-state index in [1.807, 2.05) is 0 Å². The number of carboxylic acid groups (broad SMARTS) is 1. The summed E-state index contributed by atoms with van der Waals surface area (Å²) in [6.07, 6.45) is 1.76. The summed E-state index contributed by atoms with van der Waals surface area (Å²) in [5, 5.41) is 19.4. The Balaban J connectivity index is 2.27. The molecule has 1 aliphatic carbocycles. The van der Waals surface area contributed by atoms with Gasteiger partial charge in [-0.3, -0.25) is 14.9 Å². The lowest BCUT2D eigenvalue weighted by molar-refractivity contribution is -0.384. The highest BCUT2D eigenvalue weighted by Crippen LogP contribution is 2.31. The predicted molar refractivity (Wildman–Crippen MR) is 72.2 cm³/mol. The topological polar surface area (TPSA) is 118 Å². The number of sulfonamides is 1. The molecule has 0 bridgehead atoms. The average molecular weight is 314 g/mol. The van der Waals surface area contributed by atoms with Gasteiger partial charge < -0.3 is 5.11 Å². The first-order valence-electron chi connectivity index (χ1n) is 6.27. The van der Waals surface area contributed by atoms with Gasteiger partial charge in [0.15, 0.2) is 0 Å². The molecule has 8 nitrogen and oxygen atoms in total. The molecule has 0 atom stereocenters. The molecule has 1 N–H and O–H groups in total. The minimum Gasteiger partial charge on any atom is -0.480 e. The molecular weight excluding hydrogens is 300 g/mol. The third-order valence-corrected chi connectivity index (χ3v) is 4.98. The second-order valence-corrected chi connectivity index (χ2v) is 6.82. The third kappa shape index (κ3) is 3.76. The van der Waals surface area contributed by atoms with Crippen LogP contribution in [0.15, 0.2) is 29.2 Å². The molecule has 0 radical (unpaired) electrons. The fourth-order valence-corrected chi connectivity index (χ4v) is 3.34. The molecule has 0 unspecified atom stereocenters. The van der Waals surface area contributed by atoms with Crippen LogP contribution in [-0.4, -0.2) is 41.8 Å². The summed E-state index contributed by atoms with van der Waals surface area (Å²) in [7, 11) is -3.96. The molecule has 1 aromatic carbocycles. The van der Waals surface area contributed by atoms with E-state index in [4.69, 9.17) is 5.11 Å². The number of carboxylic acids is 1. The molecule has 0 aromatic heterocycles. The maximum atomic E-state index is 12.4. The predicted octanol–water partition coefficient (Wildman–Crippen LogP) is 1.08. The Kier molecular flexibility index (Phi) is 4.24. The van der Waals surface area contributed by atoms with Crippen molar-refractivity contribution in [2.75, 3.05) is 13.1 Å². The smallest absolute Gasteiger partial charge is 0.318 e. The summed E-state index contributed by atoms with van der Waals surface area (Å²) < 4.78 is 25.7. The first-order valence-corrected chi connectivity index (χ1v) is 7.71. The van der Waals surface area contributed by atoms with Gasteiger partial charge in [0.05, 0.1) is 9.82 Å². The van der Waals surface area contributed by atoms with Crippen LogP contribution in [0.3, 0.4) is 0 Å². The first kappa shape index (κ1) is 15.4. The number of nitrogens with zero attached hydrogens (tertiary/aromatic N) is 2. The van der Waals surface area contributed by atoms with E-state index >= 15 is 0 Å². The molecule has 0 heterocycles. The fourth-order valence-electron chi connectivity index (χ4n) is 1.88. The molecule has 114 valence electrons. The summed E-state index contributed by atoms with van der Waals surface area (Å²) in [4.78, 5) is 20.6. The number of hydrogen-bond acceptors (Lipinski definition) is 5. The van der Waals surface area contributed by atoms with E-state index in [0.717, 1.165) is 41.4 Å². The van der Waals surface area contributed by atoms with Gasteiger partial charge in [-0.1, -0.05) is 0 Å². The third-order valence-electron chi connectivity index (χ3n) is 3.16. The van der Waals surface area contributed by atoms with Crippen molar-refractivity contribution >= 4 is 21.7 Å². The molecule has 1 saturated carbocycles. The molecule has 1 aliphatic rings. The Bertz CT molecular complexity index is 651. The molecule has 21 heavy (non-hydrogen) atoms. The van der Waals surface area contributed by atoms with Gasteiger partial charge in [0, 0.05) is 18.7 Å². The van der Waals surface area contributed by atoms with Gasteiger partial charge in [-0.15, -0.1) is 0 Å². The fraction of sp³-hybridized carbons (Fsp3) is 0.417. The second-order valence-electron chi connectivity index (χ2n) is 4.89. The number of hydrogen-bond donors (Lipinski definition) is 1. The van der Waals surface area contributed by atoms with Crippen LogP contribution < -0.4 is 0 Å². The van der Waals surface area contributed by atoms with E-state index in [-0.39, 0.29) is 23.0 Å². The number of nitro groups is 1. The molecule has 0 amide bonds. The second kappa shape index (κ2) is 5.78. The van der Waals surface area contributed by atoms with Crippen molar-refractivity contribution in [3.05, 3.63) is 34.4 Å². The maximum Gasteiger partial charge on any atom is 0.318 e. The first-order chi connectivity index (χ1) is 9.80. The average Bonchev–Trinajstić information content (AvgIpc) is 3.21. The van der Waals surface area contributed by atoms with E-state index in [1.54, 1.807) is 0 Å². The standard InChI is InChI=1S/C12H14N2O6S/c15-12(16)8-13(7-9-1-2-9)21(19,20)11-5-3-10(4-6-11)14(17)18/h3-6,9H,1-2,7-8H2,(H,15,16). The summed E-state index contributed by atoms with van der Waals surface area (Å²) in [5.74, 6) is -1.04. The van der Waals surface area contributed by atoms with Crippen molar-refractivity contribution < 1.29 is 23.2 Å². The number of aliphatic carboxylic acids is 1. The molecule has 9 heteroatoms. The van der Waals surface area contributed by atoms with Gasteiger partial charge in [-0.2, -0.15) is 4.31 Å². The van der Waals surface area contributed by atoms with Gasteiger partial charge in [0.2, 0.25) is 10.0 Å². The van der Waals surface area contributed by atoms with Gasteiger partial charge in [0.1, 0.15) is 6.54 Å². The van der Waals surface area contributed by atoms with Crippen molar-refractivity contribution in [3.8, 4) is 0 Å². The lowest BCUT2D eigenvalue weighted by Crippen LogP contribution is -2.37. The molecule has 0 saturated heterocycles. The number of rotatable bonds is 7. The van der Waals surface area contributed by atoms with Crippen LogP contribution in [0.5, 0.6) is 0 Å². The number of non-ortho nitro benzene ring substituents is 1. The molecular formula is C12H14N2O6S. The highest BCUT2D eigenvalue weighted by atomic mass is 32.2. The summed E-state index contributed by atoms with van der Waals surface area (Å²) in [5.41, 5.74) is -0.221. The zero-order valence-corrected chi connectivity index (χ0v) is 11.8. The van der Waals surface area contributed by atoms with E-state index in [9.17, 15) is 23.3 Å². The number of benzene rings is 1. The highest BCUT2D eigenvalue weighted by molar-refractivity contribution is 7.89. The Morgan fingerprint density at radius 2 is 1.90 bits per heavy atom. The molecule has 1 aromatic rings. The summed E-state index contributed by atoms with van der Waals surface area (Å²) in [6.45, 7) is -0.457. The number of nitro benzene ring substituents is 1. The van der Waals surface area contributed by atoms with Crippen LogP contribution in [0.4, 0.5) is 5.69 Å². The van der Waals surface area contributed by atoms with Crippen molar-refractivity contribution in [1.29, 1.82) is 0 Å². The lowest BCUT2D eigenvalue weighted by Gasteiger charge is -2.20. The zero-order valence-electron chi connectivity index (χ0n) is 11.0. The zero-order chi connectivity index (χ0) is 15.6. The van der Waals surface area contributed by atoms with Crippen LogP contribution >= 0.6 is 0 Å². The van der Waals surface area contributed by atoms with Gasteiger partial charge in [-0.25, -0.2) is 8.42 Å². The lowest BCUT2D eigenvalue weighted by atomic mass is 10.3. The highest BCUT2D eigenvalue weighted by Gasteiger charge is 2.33. The minimum absolute atomic E-state index is 0.144. The van der Waals surface area contributed by atoms with Crippen molar-refractivity contribution in [1.82, 2.24) is 4.31 Å². The van der Waals surface area contributed by atoms with E-state index in [1.165, 1.54) is 0 Å². The summed E-state index contributed by atoms with van der Waals surface area (Å²) in [6, 6.07) is 4.41. The Morgan fingerprint density at radius 1 is 1.33 bits per heavy atom. The van der Waals surface area contributed by atoms with Crippen LogP contribution in [0.1, 0.15) is 12.8 Å². The monoisotopic (exact) mass is 314 g/mol. The van der Waals surface area contributed by atoms with Crippen molar-refractivity contribution in [2.45, 2.75) is 17.7 Å². The van der Waals surface area contributed by atoms with Gasteiger partial charge in [-0.05, 0) is 30.9 Å². The largest absolute Gasteiger partial charge is 0.480 e. The van der Waals surface area contributed by atoms with E-state index in [0.29, 0.717) is 0 Å². The van der Waals surface area contributed by atoms with Crippen LogP contribution in [-0.2, 0) is 14.8 Å². The van der Waals surface area contributed by atoms with Crippen molar-refractivity contribution in [2.24, 2.45) is 5.92 Å². The van der Waals surface area contributed by atoms with Crippen LogP contribution in [0.2, 0.25) is 0 Å². The Labute approximate surface area is 121 Å². The van der Waals surface area contributed by atoms with Gasteiger partial charge >= 0.3 is 5.97 Å². The Hall–Kier alpha value is -2.00. The van der Waals surface area contributed by atoms with Crippen LogP contribution in [0, 0.1) is 16.0 Å². The van der Waals surface area contributed by atoms with E-state index in [2.05, 4.69) is 0 Å². The van der Waals surface area contributed by atoms with Crippen molar-refractivity contribution in [3.63, 3.8) is 0 Å². The quantitative estimate of drug-likeness (QED) is 0.594. The van der Waals surface area contributed by atoms with Gasteiger partial charge in [0.25, 0.3) is 5.69 Å². The molecule has 0 aliphatic heterocycles. The minimum atomic E-state index is -3.96.